The topological polar surface area (TPSA) is 12.4 Å². The zero-order valence-electron chi connectivity index (χ0n) is 7.51. The molecule has 0 radical (unpaired) electrons. The van der Waals surface area contributed by atoms with Crippen LogP contribution in [0.2, 0.25) is 0 Å². The molecule has 1 rings (SSSR count). The molecule has 0 amide bonds. The molecule has 1 aromatic rings. The zero-order valence-corrected chi connectivity index (χ0v) is 8.33. The molecule has 0 saturated heterocycles. The minimum atomic E-state index is 0.924. The van der Waals surface area contributed by atoms with Gasteiger partial charge >= 0.3 is 0 Å². The Balaban J connectivity index is 3.35. The van der Waals surface area contributed by atoms with Crippen LogP contribution in [-0.2, 0) is 0 Å². The van der Waals surface area contributed by atoms with Gasteiger partial charge in [-0.05, 0) is 55.7 Å². The third-order valence-corrected chi connectivity index (χ3v) is 2.29. The van der Waals surface area contributed by atoms with E-state index in [1.54, 1.807) is 0 Å². The van der Waals surface area contributed by atoms with E-state index in [4.69, 9.17) is 0 Å². The Bertz CT molecular complexity index is 349. The van der Waals surface area contributed by atoms with Crippen LogP contribution in [0.4, 0.5) is 5.69 Å². The SMILES string of the molecule is Cc1ccc(N=C=S)c(C)c1C. The first-order chi connectivity index (χ1) is 5.66. The highest BCUT2D eigenvalue weighted by Crippen LogP contribution is 2.23. The minimum Gasteiger partial charge on any atom is -0.194 e. The molecule has 0 N–H and O–H groups in total. The third-order valence-electron chi connectivity index (χ3n) is 2.20. The average Bonchev–Trinajstić information content (AvgIpc) is 2.07. The summed E-state index contributed by atoms with van der Waals surface area (Å²) in [7, 11) is 0. The highest BCUT2D eigenvalue weighted by molar-refractivity contribution is 7.78. The number of benzene rings is 1. The lowest BCUT2D eigenvalue weighted by Gasteiger charge is -2.05. The van der Waals surface area contributed by atoms with Crippen molar-refractivity contribution in [3.63, 3.8) is 0 Å². The molecule has 0 spiro atoms. The van der Waals surface area contributed by atoms with Gasteiger partial charge in [-0.15, -0.1) is 0 Å². The van der Waals surface area contributed by atoms with Crippen molar-refractivity contribution in [2.24, 2.45) is 4.99 Å². The molecule has 0 unspecified atom stereocenters. The van der Waals surface area contributed by atoms with Gasteiger partial charge in [-0.2, -0.15) is 4.99 Å². The fraction of sp³-hybridized carbons (Fsp3) is 0.300. The van der Waals surface area contributed by atoms with Gasteiger partial charge in [-0.1, -0.05) is 6.07 Å². The molecule has 0 fully saturated rings. The second kappa shape index (κ2) is 3.61. The first-order valence-electron chi connectivity index (χ1n) is 3.81. The standard InChI is InChI=1S/C10H11NS/c1-7-4-5-10(11-6-12)9(3)8(7)2/h4-5H,1-3H3. The predicted octanol–water partition coefficient (Wildman–Crippen LogP) is 3.35. The van der Waals surface area contributed by atoms with Crippen LogP contribution in [0.25, 0.3) is 0 Å². The van der Waals surface area contributed by atoms with Crippen molar-refractivity contribution < 1.29 is 0 Å². The Labute approximate surface area is 78.1 Å². The summed E-state index contributed by atoms with van der Waals surface area (Å²) in [5.74, 6) is 0. The summed E-state index contributed by atoms with van der Waals surface area (Å²) >= 11 is 4.55. The van der Waals surface area contributed by atoms with Crippen molar-refractivity contribution in [1.82, 2.24) is 0 Å². The molecular weight excluding hydrogens is 166 g/mol. The van der Waals surface area contributed by atoms with Crippen molar-refractivity contribution in [3.8, 4) is 0 Å². The monoisotopic (exact) mass is 177 g/mol. The van der Waals surface area contributed by atoms with Crippen molar-refractivity contribution in [2.45, 2.75) is 20.8 Å². The van der Waals surface area contributed by atoms with E-state index in [0.29, 0.717) is 0 Å². The largest absolute Gasteiger partial charge is 0.194 e. The fourth-order valence-electron chi connectivity index (χ4n) is 1.11. The van der Waals surface area contributed by atoms with E-state index < -0.39 is 0 Å². The van der Waals surface area contributed by atoms with Crippen LogP contribution in [-0.4, -0.2) is 5.16 Å². The second-order valence-corrected chi connectivity index (χ2v) is 3.04. The molecule has 0 aliphatic rings. The average molecular weight is 177 g/mol. The number of hydrogen-bond acceptors (Lipinski definition) is 2. The molecule has 1 nitrogen and oxygen atoms in total. The normalized spacial score (nSPS) is 9.25. The molecule has 2 heteroatoms. The van der Waals surface area contributed by atoms with E-state index in [-0.39, 0.29) is 0 Å². The van der Waals surface area contributed by atoms with E-state index in [1.807, 2.05) is 19.1 Å². The van der Waals surface area contributed by atoms with Gasteiger partial charge in [0.05, 0.1) is 10.8 Å². The van der Waals surface area contributed by atoms with Gasteiger partial charge in [-0.3, -0.25) is 0 Å². The van der Waals surface area contributed by atoms with Crippen LogP contribution in [0, 0.1) is 20.8 Å². The lowest BCUT2D eigenvalue weighted by Crippen LogP contribution is -1.85. The van der Waals surface area contributed by atoms with Gasteiger partial charge in [0.1, 0.15) is 0 Å². The van der Waals surface area contributed by atoms with Crippen LogP contribution in [0.1, 0.15) is 16.7 Å². The van der Waals surface area contributed by atoms with Gasteiger partial charge in [0.2, 0.25) is 0 Å². The molecule has 0 atom stereocenters. The lowest BCUT2D eigenvalue weighted by molar-refractivity contribution is 1.25. The number of aliphatic imine (C=N–C) groups is 1. The molecule has 0 saturated carbocycles. The Morgan fingerprint density at radius 3 is 2.42 bits per heavy atom. The van der Waals surface area contributed by atoms with Gasteiger partial charge in [0.15, 0.2) is 0 Å². The van der Waals surface area contributed by atoms with Crippen molar-refractivity contribution >= 4 is 23.1 Å². The van der Waals surface area contributed by atoms with Crippen LogP contribution in [0.3, 0.4) is 0 Å². The predicted molar refractivity (Wildman–Crippen MR) is 55.3 cm³/mol. The molecule has 0 aromatic heterocycles. The highest BCUT2D eigenvalue weighted by Gasteiger charge is 2.00. The molecular formula is C10H11NS. The molecule has 0 bridgehead atoms. The number of thiocarbonyl (C=S) groups is 1. The summed E-state index contributed by atoms with van der Waals surface area (Å²) in [5.41, 5.74) is 4.68. The summed E-state index contributed by atoms with van der Waals surface area (Å²) in [5, 5.41) is 2.38. The number of hydrogen-bond donors (Lipinski definition) is 0. The van der Waals surface area contributed by atoms with Crippen LogP contribution >= 0.6 is 12.2 Å². The maximum atomic E-state index is 4.55. The molecule has 0 aliphatic carbocycles. The smallest absolute Gasteiger partial charge is 0.0771 e. The summed E-state index contributed by atoms with van der Waals surface area (Å²) in [6.07, 6.45) is 0. The summed E-state index contributed by atoms with van der Waals surface area (Å²) in [6.45, 7) is 6.23. The molecule has 0 heterocycles. The second-order valence-electron chi connectivity index (χ2n) is 2.85. The third kappa shape index (κ3) is 1.60. The summed E-state index contributed by atoms with van der Waals surface area (Å²) in [6, 6.07) is 4.02. The maximum Gasteiger partial charge on any atom is 0.0771 e. The van der Waals surface area contributed by atoms with Crippen LogP contribution in [0.15, 0.2) is 17.1 Å². The van der Waals surface area contributed by atoms with Gasteiger partial charge in [-0.25, -0.2) is 0 Å². The van der Waals surface area contributed by atoms with Gasteiger partial charge < -0.3 is 0 Å². The van der Waals surface area contributed by atoms with Crippen molar-refractivity contribution in [3.05, 3.63) is 28.8 Å². The van der Waals surface area contributed by atoms with E-state index in [9.17, 15) is 0 Å². The molecule has 0 aliphatic heterocycles. The number of aryl methyl sites for hydroxylation is 1. The minimum absolute atomic E-state index is 0.924. The highest BCUT2D eigenvalue weighted by atomic mass is 32.1. The number of nitrogens with zero attached hydrogens (tertiary/aromatic N) is 1. The Kier molecular flexibility index (Phi) is 2.74. The Morgan fingerprint density at radius 2 is 1.83 bits per heavy atom. The van der Waals surface area contributed by atoms with E-state index in [1.165, 1.54) is 16.7 Å². The molecule has 62 valence electrons. The number of rotatable bonds is 1. The lowest BCUT2D eigenvalue weighted by atomic mass is 10.0. The Morgan fingerprint density at radius 1 is 1.17 bits per heavy atom. The fourth-order valence-corrected chi connectivity index (χ4v) is 1.21. The zero-order chi connectivity index (χ0) is 9.14. The van der Waals surface area contributed by atoms with Crippen molar-refractivity contribution in [2.75, 3.05) is 0 Å². The molecule has 12 heavy (non-hydrogen) atoms. The van der Waals surface area contributed by atoms with Crippen LogP contribution < -0.4 is 0 Å². The number of isothiocyanates is 1. The van der Waals surface area contributed by atoms with Gasteiger partial charge in [0, 0.05) is 0 Å². The van der Waals surface area contributed by atoms with Crippen molar-refractivity contribution in [1.29, 1.82) is 0 Å². The maximum absolute atomic E-state index is 4.55. The summed E-state index contributed by atoms with van der Waals surface area (Å²) < 4.78 is 0. The quantitative estimate of drug-likeness (QED) is 0.473. The van der Waals surface area contributed by atoms with Gasteiger partial charge in [0.25, 0.3) is 0 Å². The van der Waals surface area contributed by atoms with E-state index in [0.717, 1.165) is 5.69 Å². The van der Waals surface area contributed by atoms with E-state index in [2.05, 4.69) is 36.2 Å². The van der Waals surface area contributed by atoms with E-state index >= 15 is 0 Å². The summed E-state index contributed by atoms with van der Waals surface area (Å²) in [4.78, 5) is 3.97. The Hall–Kier alpha value is -0.980. The first kappa shape index (κ1) is 9.11. The molecule has 1 aromatic carbocycles. The first-order valence-corrected chi connectivity index (χ1v) is 4.22. The van der Waals surface area contributed by atoms with Crippen LogP contribution in [0.5, 0.6) is 0 Å².